The maximum absolute atomic E-state index is 12.7. The molecule has 0 saturated carbocycles. The van der Waals surface area contributed by atoms with Crippen molar-refractivity contribution in [2.45, 2.75) is 39.7 Å². The fourth-order valence-electron chi connectivity index (χ4n) is 2.92. The molecule has 3 N–H and O–H groups in total. The number of hydrogen-bond acceptors (Lipinski definition) is 6. The van der Waals surface area contributed by atoms with E-state index in [4.69, 9.17) is 4.74 Å². The topological polar surface area (TPSA) is 117 Å². The summed E-state index contributed by atoms with van der Waals surface area (Å²) in [5.74, 6) is -1.40. The lowest BCUT2D eigenvalue weighted by molar-refractivity contribution is -0.151. The predicted molar refractivity (Wildman–Crippen MR) is 113 cm³/mol. The highest BCUT2D eigenvalue weighted by Crippen LogP contribution is 2.17. The number of esters is 1. The van der Waals surface area contributed by atoms with Crippen LogP contribution >= 0.6 is 0 Å². The fraction of sp³-hybridized carbons (Fsp3) is 0.524. The van der Waals surface area contributed by atoms with Crippen LogP contribution in [0.5, 0.6) is 0 Å². The van der Waals surface area contributed by atoms with Gasteiger partial charge in [0.1, 0.15) is 6.04 Å². The number of piperazine rings is 1. The smallest absolute Gasteiger partial charge is 0.308 e. The SMILES string of the molecule is CCCOC(=O)CC1C(=O)NCCN1C(=O)CNc1cccc(NC(=O)C(C)C)c1. The lowest BCUT2D eigenvalue weighted by atomic mass is 10.1. The minimum atomic E-state index is -0.880. The molecule has 164 valence electrons. The molecule has 1 saturated heterocycles. The molecule has 2 rings (SSSR count). The second-order valence-corrected chi connectivity index (χ2v) is 7.40. The first-order chi connectivity index (χ1) is 14.3. The van der Waals surface area contributed by atoms with Gasteiger partial charge in [-0.15, -0.1) is 0 Å². The van der Waals surface area contributed by atoms with Crippen LogP contribution in [0.4, 0.5) is 11.4 Å². The summed E-state index contributed by atoms with van der Waals surface area (Å²) in [5.41, 5.74) is 1.28. The largest absolute Gasteiger partial charge is 0.466 e. The van der Waals surface area contributed by atoms with Crippen LogP contribution < -0.4 is 16.0 Å². The van der Waals surface area contributed by atoms with Crippen LogP contribution in [0.1, 0.15) is 33.6 Å². The molecule has 0 bridgehead atoms. The zero-order valence-electron chi connectivity index (χ0n) is 17.7. The number of nitrogens with zero attached hydrogens (tertiary/aromatic N) is 1. The highest BCUT2D eigenvalue weighted by molar-refractivity contribution is 5.94. The van der Waals surface area contributed by atoms with Gasteiger partial charge in [-0.1, -0.05) is 26.8 Å². The Morgan fingerprint density at radius 3 is 2.70 bits per heavy atom. The molecule has 1 aliphatic rings. The van der Waals surface area contributed by atoms with E-state index in [1.807, 2.05) is 6.92 Å². The first-order valence-electron chi connectivity index (χ1n) is 10.2. The maximum Gasteiger partial charge on any atom is 0.308 e. The highest BCUT2D eigenvalue weighted by Gasteiger charge is 2.34. The fourth-order valence-corrected chi connectivity index (χ4v) is 2.92. The van der Waals surface area contributed by atoms with E-state index in [-0.39, 0.29) is 43.2 Å². The Labute approximate surface area is 176 Å². The molecule has 1 unspecified atom stereocenters. The van der Waals surface area contributed by atoms with Gasteiger partial charge < -0.3 is 25.6 Å². The third kappa shape index (κ3) is 6.75. The monoisotopic (exact) mass is 418 g/mol. The van der Waals surface area contributed by atoms with E-state index in [0.29, 0.717) is 30.9 Å². The Morgan fingerprint density at radius 2 is 2.00 bits per heavy atom. The molecule has 9 heteroatoms. The van der Waals surface area contributed by atoms with Gasteiger partial charge in [0.2, 0.25) is 17.7 Å². The Balaban J connectivity index is 1.97. The molecule has 1 heterocycles. The summed E-state index contributed by atoms with van der Waals surface area (Å²) >= 11 is 0. The van der Waals surface area contributed by atoms with E-state index in [1.54, 1.807) is 38.1 Å². The Hall–Kier alpha value is -3.10. The minimum absolute atomic E-state index is 0.0463. The Bertz CT molecular complexity index is 780. The summed E-state index contributed by atoms with van der Waals surface area (Å²) in [6.07, 6.45) is 0.514. The molecule has 3 amide bonds. The van der Waals surface area contributed by atoms with Crippen molar-refractivity contribution in [3.8, 4) is 0 Å². The van der Waals surface area contributed by atoms with Crippen molar-refractivity contribution in [3.05, 3.63) is 24.3 Å². The quantitative estimate of drug-likeness (QED) is 0.522. The first-order valence-corrected chi connectivity index (χ1v) is 10.2. The number of rotatable bonds is 9. The van der Waals surface area contributed by atoms with Crippen LogP contribution in [-0.2, 0) is 23.9 Å². The molecular formula is C21H30N4O5. The number of ether oxygens (including phenoxy) is 1. The number of benzene rings is 1. The van der Waals surface area contributed by atoms with Crippen molar-refractivity contribution in [1.29, 1.82) is 0 Å². The standard InChI is InChI=1S/C21H30N4O5/c1-4-10-30-19(27)12-17-21(29)22-8-9-25(17)18(26)13-23-15-6-5-7-16(11-15)24-20(28)14(2)3/h5-7,11,14,17,23H,4,8-10,12-13H2,1-3H3,(H,22,29)(H,24,28). The van der Waals surface area contributed by atoms with E-state index < -0.39 is 12.0 Å². The third-order valence-electron chi connectivity index (χ3n) is 4.58. The van der Waals surface area contributed by atoms with Gasteiger partial charge in [-0.05, 0) is 24.6 Å². The number of nitrogens with one attached hydrogen (secondary N) is 3. The summed E-state index contributed by atoms with van der Waals surface area (Å²) in [7, 11) is 0. The zero-order valence-corrected chi connectivity index (χ0v) is 17.7. The van der Waals surface area contributed by atoms with E-state index in [2.05, 4.69) is 16.0 Å². The van der Waals surface area contributed by atoms with E-state index in [0.717, 1.165) is 0 Å². The Kier molecular flexibility index (Phi) is 8.64. The van der Waals surface area contributed by atoms with Crippen molar-refractivity contribution in [1.82, 2.24) is 10.2 Å². The molecule has 0 aliphatic carbocycles. The minimum Gasteiger partial charge on any atom is -0.466 e. The average Bonchev–Trinajstić information content (AvgIpc) is 2.72. The van der Waals surface area contributed by atoms with Gasteiger partial charge >= 0.3 is 5.97 Å². The molecular weight excluding hydrogens is 388 g/mol. The molecule has 1 aliphatic heterocycles. The molecule has 0 aromatic heterocycles. The molecule has 1 fully saturated rings. The van der Waals surface area contributed by atoms with Gasteiger partial charge in [-0.25, -0.2) is 0 Å². The summed E-state index contributed by atoms with van der Waals surface area (Å²) in [5, 5.41) is 8.51. The third-order valence-corrected chi connectivity index (χ3v) is 4.58. The highest BCUT2D eigenvalue weighted by atomic mass is 16.5. The van der Waals surface area contributed by atoms with Gasteiger partial charge in [0.15, 0.2) is 0 Å². The van der Waals surface area contributed by atoms with Gasteiger partial charge in [0.25, 0.3) is 0 Å². The van der Waals surface area contributed by atoms with Crippen LogP contribution in [0, 0.1) is 5.92 Å². The number of amides is 3. The summed E-state index contributed by atoms with van der Waals surface area (Å²) in [4.78, 5) is 50.2. The van der Waals surface area contributed by atoms with E-state index in [1.165, 1.54) is 4.90 Å². The number of hydrogen-bond donors (Lipinski definition) is 3. The van der Waals surface area contributed by atoms with Crippen LogP contribution in [0.2, 0.25) is 0 Å². The van der Waals surface area contributed by atoms with Crippen LogP contribution in [0.25, 0.3) is 0 Å². The van der Waals surface area contributed by atoms with Crippen molar-refractivity contribution < 1.29 is 23.9 Å². The van der Waals surface area contributed by atoms with Crippen LogP contribution in [0.15, 0.2) is 24.3 Å². The normalized spacial score (nSPS) is 16.1. The molecule has 0 radical (unpaired) electrons. The summed E-state index contributed by atoms with van der Waals surface area (Å²) in [6, 6.07) is 6.16. The lowest BCUT2D eigenvalue weighted by Crippen LogP contribution is -2.58. The number of anilines is 2. The van der Waals surface area contributed by atoms with Crippen LogP contribution in [0.3, 0.4) is 0 Å². The second kappa shape index (κ2) is 11.2. The van der Waals surface area contributed by atoms with Gasteiger partial charge in [-0.2, -0.15) is 0 Å². The van der Waals surface area contributed by atoms with Crippen molar-refractivity contribution in [3.63, 3.8) is 0 Å². The second-order valence-electron chi connectivity index (χ2n) is 7.40. The Morgan fingerprint density at radius 1 is 1.27 bits per heavy atom. The van der Waals surface area contributed by atoms with Gasteiger partial charge in [-0.3, -0.25) is 19.2 Å². The zero-order chi connectivity index (χ0) is 22.1. The molecule has 1 atom stereocenters. The van der Waals surface area contributed by atoms with E-state index in [9.17, 15) is 19.2 Å². The number of carbonyl (C=O) groups is 4. The molecule has 1 aromatic rings. The summed E-state index contributed by atoms with van der Waals surface area (Å²) in [6.45, 7) is 6.38. The maximum atomic E-state index is 12.7. The van der Waals surface area contributed by atoms with Gasteiger partial charge in [0.05, 0.1) is 19.6 Å². The molecule has 0 spiro atoms. The van der Waals surface area contributed by atoms with Gasteiger partial charge in [0, 0.05) is 30.4 Å². The average molecular weight is 418 g/mol. The summed E-state index contributed by atoms with van der Waals surface area (Å²) < 4.78 is 5.05. The van der Waals surface area contributed by atoms with E-state index >= 15 is 0 Å². The van der Waals surface area contributed by atoms with Crippen LogP contribution in [-0.4, -0.2) is 60.9 Å². The number of carbonyl (C=O) groups excluding carboxylic acids is 4. The van der Waals surface area contributed by atoms with Crippen molar-refractivity contribution >= 4 is 35.1 Å². The van der Waals surface area contributed by atoms with Crippen molar-refractivity contribution in [2.75, 3.05) is 36.9 Å². The van der Waals surface area contributed by atoms with Crippen molar-refractivity contribution in [2.24, 2.45) is 5.92 Å². The molecule has 30 heavy (non-hydrogen) atoms. The molecule has 9 nitrogen and oxygen atoms in total. The predicted octanol–water partition coefficient (Wildman–Crippen LogP) is 1.36. The lowest BCUT2D eigenvalue weighted by Gasteiger charge is -2.34. The molecule has 1 aromatic carbocycles. The first kappa shape index (κ1) is 23.2.